The van der Waals surface area contributed by atoms with Gasteiger partial charge >= 0.3 is 0 Å². The highest BCUT2D eigenvalue weighted by Crippen LogP contribution is 2.16. The quantitative estimate of drug-likeness (QED) is 0.808. The van der Waals surface area contributed by atoms with Gasteiger partial charge in [0.25, 0.3) is 0 Å². The van der Waals surface area contributed by atoms with Crippen molar-refractivity contribution < 1.29 is 14.3 Å². The normalized spacial score (nSPS) is 11.5. The Kier molecular flexibility index (Phi) is 7.04. The average Bonchev–Trinajstić information content (AvgIpc) is 2.65. The van der Waals surface area contributed by atoms with Crippen molar-refractivity contribution in [2.45, 2.75) is 33.0 Å². The molecule has 2 amide bonds. The van der Waals surface area contributed by atoms with E-state index in [1.165, 1.54) is 11.8 Å². The molecule has 1 atom stereocenters. The van der Waals surface area contributed by atoms with E-state index < -0.39 is 6.04 Å². The van der Waals surface area contributed by atoms with Gasteiger partial charge in [-0.3, -0.25) is 9.59 Å². The minimum absolute atomic E-state index is 0.166. The van der Waals surface area contributed by atoms with Crippen molar-refractivity contribution in [3.05, 3.63) is 64.7 Å². The van der Waals surface area contributed by atoms with E-state index in [0.717, 1.165) is 16.9 Å². The fourth-order valence-electron chi connectivity index (χ4n) is 2.56. The van der Waals surface area contributed by atoms with Crippen LogP contribution in [0.2, 0.25) is 5.02 Å². The van der Waals surface area contributed by atoms with Crippen molar-refractivity contribution in [2.75, 3.05) is 7.11 Å². The van der Waals surface area contributed by atoms with Gasteiger partial charge in [-0.1, -0.05) is 41.9 Å². The number of nitrogens with one attached hydrogen (secondary N) is 1. The Hall–Kier alpha value is -2.53. The zero-order valence-electron chi connectivity index (χ0n) is 15.2. The zero-order chi connectivity index (χ0) is 19.1. The Morgan fingerprint density at radius 2 is 1.81 bits per heavy atom. The van der Waals surface area contributed by atoms with Crippen molar-refractivity contribution in [1.29, 1.82) is 0 Å². The molecule has 2 rings (SSSR count). The summed E-state index contributed by atoms with van der Waals surface area (Å²) in [6.45, 7) is 3.84. The Morgan fingerprint density at radius 1 is 1.15 bits per heavy atom. The lowest BCUT2D eigenvalue weighted by Crippen LogP contribution is -2.46. The molecule has 0 spiro atoms. The molecule has 0 aliphatic rings. The van der Waals surface area contributed by atoms with Gasteiger partial charge in [-0.25, -0.2) is 0 Å². The fourth-order valence-corrected chi connectivity index (χ4v) is 2.76. The molecule has 0 saturated heterocycles. The molecule has 26 heavy (non-hydrogen) atoms. The molecular formula is C20H23ClN2O3. The third kappa shape index (κ3) is 5.23. The van der Waals surface area contributed by atoms with Crippen molar-refractivity contribution in [1.82, 2.24) is 10.2 Å². The number of ether oxygens (including phenoxy) is 1. The van der Waals surface area contributed by atoms with Crippen LogP contribution in [0, 0.1) is 0 Å². The van der Waals surface area contributed by atoms with Gasteiger partial charge in [0, 0.05) is 25.0 Å². The van der Waals surface area contributed by atoms with Crippen LogP contribution in [-0.2, 0) is 22.7 Å². The molecule has 0 aromatic heterocycles. The number of carbonyl (C=O) groups is 2. The zero-order valence-corrected chi connectivity index (χ0v) is 15.9. The van der Waals surface area contributed by atoms with Gasteiger partial charge in [0.15, 0.2) is 0 Å². The minimum atomic E-state index is -0.600. The van der Waals surface area contributed by atoms with Crippen LogP contribution in [0.25, 0.3) is 0 Å². The molecule has 138 valence electrons. The summed E-state index contributed by atoms with van der Waals surface area (Å²) < 4.78 is 5.14. The SMILES string of the molecule is COc1ccc(CN(C(C)=O)[C@H](C)C(=O)NCc2ccccc2Cl)cc1. The van der Waals surface area contributed by atoms with Crippen molar-refractivity contribution in [3.8, 4) is 5.75 Å². The number of rotatable bonds is 7. The van der Waals surface area contributed by atoms with E-state index in [2.05, 4.69) is 5.32 Å². The molecule has 0 fully saturated rings. The Bertz CT molecular complexity index is 762. The van der Waals surface area contributed by atoms with Gasteiger partial charge in [-0.2, -0.15) is 0 Å². The maximum atomic E-state index is 12.5. The van der Waals surface area contributed by atoms with E-state index in [1.54, 1.807) is 20.1 Å². The monoisotopic (exact) mass is 374 g/mol. The summed E-state index contributed by atoms with van der Waals surface area (Å²) in [7, 11) is 1.60. The average molecular weight is 375 g/mol. The van der Waals surface area contributed by atoms with E-state index in [0.29, 0.717) is 18.1 Å². The molecule has 0 bridgehead atoms. The molecule has 5 nitrogen and oxygen atoms in total. The first-order chi connectivity index (χ1) is 12.4. The molecule has 0 radical (unpaired) electrons. The Morgan fingerprint density at radius 3 is 2.38 bits per heavy atom. The van der Waals surface area contributed by atoms with Gasteiger partial charge in [-0.15, -0.1) is 0 Å². The predicted octanol–water partition coefficient (Wildman–Crippen LogP) is 3.40. The van der Waals surface area contributed by atoms with Crippen LogP contribution >= 0.6 is 11.6 Å². The van der Waals surface area contributed by atoms with Crippen LogP contribution in [0.15, 0.2) is 48.5 Å². The summed E-state index contributed by atoms with van der Waals surface area (Å²) >= 11 is 6.11. The maximum absolute atomic E-state index is 12.5. The van der Waals surface area contributed by atoms with Crippen LogP contribution in [0.1, 0.15) is 25.0 Å². The highest BCUT2D eigenvalue weighted by molar-refractivity contribution is 6.31. The molecule has 0 unspecified atom stereocenters. The number of amides is 2. The molecule has 6 heteroatoms. The van der Waals surface area contributed by atoms with Crippen molar-refractivity contribution in [3.63, 3.8) is 0 Å². The lowest BCUT2D eigenvalue weighted by atomic mass is 10.1. The van der Waals surface area contributed by atoms with Gasteiger partial charge in [-0.05, 0) is 36.2 Å². The van der Waals surface area contributed by atoms with Gasteiger partial charge in [0.1, 0.15) is 11.8 Å². The first kappa shape index (κ1) is 19.8. The third-order valence-electron chi connectivity index (χ3n) is 4.17. The lowest BCUT2D eigenvalue weighted by Gasteiger charge is -2.27. The number of benzene rings is 2. The fraction of sp³-hybridized carbons (Fsp3) is 0.300. The first-order valence-corrected chi connectivity index (χ1v) is 8.71. The summed E-state index contributed by atoms with van der Waals surface area (Å²) in [5, 5.41) is 3.44. The second-order valence-corrected chi connectivity index (χ2v) is 6.39. The van der Waals surface area contributed by atoms with Crippen LogP contribution < -0.4 is 10.1 Å². The van der Waals surface area contributed by atoms with E-state index >= 15 is 0 Å². The minimum Gasteiger partial charge on any atom is -0.497 e. The van der Waals surface area contributed by atoms with Crippen molar-refractivity contribution >= 4 is 23.4 Å². The van der Waals surface area contributed by atoms with Gasteiger partial charge < -0.3 is 15.0 Å². The molecule has 2 aromatic rings. The number of methoxy groups -OCH3 is 1. The maximum Gasteiger partial charge on any atom is 0.242 e. The summed E-state index contributed by atoms with van der Waals surface area (Å²) in [4.78, 5) is 26.1. The summed E-state index contributed by atoms with van der Waals surface area (Å²) in [5.74, 6) is 0.350. The van der Waals surface area contributed by atoms with E-state index in [-0.39, 0.29) is 11.8 Å². The highest BCUT2D eigenvalue weighted by atomic mass is 35.5. The molecule has 0 aliphatic heterocycles. The molecule has 0 aliphatic carbocycles. The number of hydrogen-bond acceptors (Lipinski definition) is 3. The number of hydrogen-bond donors (Lipinski definition) is 1. The van der Waals surface area contributed by atoms with Crippen molar-refractivity contribution in [2.24, 2.45) is 0 Å². The summed E-state index contributed by atoms with van der Waals surface area (Å²) in [5.41, 5.74) is 1.76. The first-order valence-electron chi connectivity index (χ1n) is 8.33. The number of halogens is 1. The van der Waals surface area contributed by atoms with Crippen LogP contribution in [0.5, 0.6) is 5.75 Å². The third-order valence-corrected chi connectivity index (χ3v) is 4.54. The smallest absolute Gasteiger partial charge is 0.242 e. The molecule has 0 saturated carbocycles. The van der Waals surface area contributed by atoms with E-state index in [1.807, 2.05) is 42.5 Å². The predicted molar refractivity (Wildman–Crippen MR) is 102 cm³/mol. The van der Waals surface area contributed by atoms with Gasteiger partial charge in [0.05, 0.1) is 7.11 Å². The topological polar surface area (TPSA) is 58.6 Å². The second-order valence-electron chi connectivity index (χ2n) is 5.98. The molecular weight excluding hydrogens is 352 g/mol. The molecule has 1 N–H and O–H groups in total. The highest BCUT2D eigenvalue weighted by Gasteiger charge is 2.23. The van der Waals surface area contributed by atoms with Crippen LogP contribution in [-0.4, -0.2) is 29.9 Å². The van der Waals surface area contributed by atoms with Crippen LogP contribution in [0.4, 0.5) is 0 Å². The number of carbonyl (C=O) groups excluding carboxylic acids is 2. The molecule has 2 aromatic carbocycles. The summed E-state index contributed by atoms with van der Waals surface area (Å²) in [6, 6.07) is 14.1. The largest absolute Gasteiger partial charge is 0.497 e. The van der Waals surface area contributed by atoms with Gasteiger partial charge in [0.2, 0.25) is 11.8 Å². The molecule has 0 heterocycles. The second kappa shape index (κ2) is 9.25. The van der Waals surface area contributed by atoms with Crippen LogP contribution in [0.3, 0.4) is 0 Å². The number of nitrogens with zero attached hydrogens (tertiary/aromatic N) is 1. The summed E-state index contributed by atoms with van der Waals surface area (Å²) in [6.07, 6.45) is 0. The Labute approximate surface area is 158 Å². The Balaban J connectivity index is 2.02. The van der Waals surface area contributed by atoms with E-state index in [4.69, 9.17) is 16.3 Å². The standard InChI is InChI=1S/C20H23ClN2O3/c1-14(20(25)22-12-17-6-4-5-7-19(17)21)23(15(2)24)13-16-8-10-18(26-3)11-9-16/h4-11,14H,12-13H2,1-3H3,(H,22,25)/t14-/m1/s1. The van der Waals surface area contributed by atoms with E-state index in [9.17, 15) is 9.59 Å². The lowest BCUT2D eigenvalue weighted by molar-refractivity contribution is -0.139.